The summed E-state index contributed by atoms with van der Waals surface area (Å²) in [4.78, 5) is 13.9. The molecule has 0 spiro atoms. The fourth-order valence-electron chi connectivity index (χ4n) is 3.66. The van der Waals surface area contributed by atoms with E-state index in [1.807, 2.05) is 53.4 Å². The Kier molecular flexibility index (Phi) is 7.60. The number of carboxylic acids is 1. The summed E-state index contributed by atoms with van der Waals surface area (Å²) in [5, 5.41) is 14.3. The van der Waals surface area contributed by atoms with Crippen molar-refractivity contribution in [1.82, 2.24) is 0 Å². The molecule has 4 rings (SSSR count). The Morgan fingerprint density at radius 1 is 1.00 bits per heavy atom. The second-order valence-corrected chi connectivity index (χ2v) is 8.53. The monoisotopic (exact) mass is 486 g/mol. The largest absolute Gasteiger partial charge is 0.489 e. The number of aromatic carboxylic acids is 1. The van der Waals surface area contributed by atoms with Crippen molar-refractivity contribution >= 4 is 40.5 Å². The van der Waals surface area contributed by atoms with Crippen molar-refractivity contribution in [2.45, 2.75) is 13.2 Å². The fraction of sp³-hybridized carbons (Fsp3) is 0.240. The quantitative estimate of drug-likeness (QED) is 0.424. The van der Waals surface area contributed by atoms with Crippen LogP contribution in [0.2, 0.25) is 10.0 Å². The molecule has 1 saturated heterocycles. The van der Waals surface area contributed by atoms with Gasteiger partial charge in [-0.15, -0.1) is 0 Å². The lowest BCUT2D eigenvalue weighted by Crippen LogP contribution is -2.37. The van der Waals surface area contributed by atoms with Crippen LogP contribution < -0.4 is 15.0 Å². The predicted octanol–water partition coefficient (Wildman–Crippen LogP) is 5.72. The molecule has 0 bridgehead atoms. The molecule has 0 aliphatic carbocycles. The second kappa shape index (κ2) is 10.8. The summed E-state index contributed by atoms with van der Waals surface area (Å²) in [6, 6.07) is 18.3. The van der Waals surface area contributed by atoms with Gasteiger partial charge in [0.05, 0.1) is 24.5 Å². The van der Waals surface area contributed by atoms with Gasteiger partial charge in [0.1, 0.15) is 12.4 Å². The maximum atomic E-state index is 11.9. The molecular weight excluding hydrogens is 463 g/mol. The van der Waals surface area contributed by atoms with E-state index in [2.05, 4.69) is 5.32 Å². The zero-order valence-electron chi connectivity index (χ0n) is 17.9. The van der Waals surface area contributed by atoms with Crippen molar-refractivity contribution in [2.75, 3.05) is 36.5 Å². The number of morpholine rings is 1. The number of carbonyl (C=O) groups is 1. The van der Waals surface area contributed by atoms with Gasteiger partial charge in [-0.2, -0.15) is 0 Å². The minimum Gasteiger partial charge on any atom is -0.489 e. The first-order valence-corrected chi connectivity index (χ1v) is 11.3. The van der Waals surface area contributed by atoms with Crippen molar-refractivity contribution in [3.05, 3.63) is 87.4 Å². The van der Waals surface area contributed by atoms with Crippen molar-refractivity contribution in [1.29, 1.82) is 0 Å². The van der Waals surface area contributed by atoms with Crippen LogP contribution in [0.3, 0.4) is 0 Å². The number of carboxylic acid groups (broad SMARTS) is 1. The van der Waals surface area contributed by atoms with E-state index in [-0.39, 0.29) is 5.56 Å². The highest BCUT2D eigenvalue weighted by atomic mass is 35.5. The van der Waals surface area contributed by atoms with Gasteiger partial charge in [-0.05, 0) is 54.1 Å². The molecule has 0 aromatic heterocycles. The topological polar surface area (TPSA) is 71.0 Å². The highest BCUT2D eigenvalue weighted by molar-refractivity contribution is 6.30. The number of rotatable bonds is 8. The number of benzene rings is 3. The number of halogens is 2. The molecule has 3 aromatic carbocycles. The van der Waals surface area contributed by atoms with Crippen LogP contribution in [0.15, 0.2) is 60.7 Å². The molecule has 172 valence electrons. The fourth-order valence-corrected chi connectivity index (χ4v) is 3.98. The van der Waals surface area contributed by atoms with Crippen LogP contribution in [0.25, 0.3) is 0 Å². The normalized spacial score (nSPS) is 13.6. The zero-order chi connectivity index (χ0) is 23.2. The molecule has 3 aromatic rings. The summed E-state index contributed by atoms with van der Waals surface area (Å²) in [5.41, 5.74) is 3.52. The molecule has 0 unspecified atom stereocenters. The minimum absolute atomic E-state index is 0.257. The van der Waals surface area contributed by atoms with Gasteiger partial charge in [0, 0.05) is 40.9 Å². The number of nitrogens with zero attached hydrogens (tertiary/aromatic N) is 1. The van der Waals surface area contributed by atoms with E-state index in [0.717, 1.165) is 11.1 Å². The Labute approximate surface area is 202 Å². The van der Waals surface area contributed by atoms with Crippen molar-refractivity contribution in [2.24, 2.45) is 0 Å². The summed E-state index contributed by atoms with van der Waals surface area (Å²) >= 11 is 12.2. The SMILES string of the molecule is O=C(O)c1cc(NCc2cc(Cl)ccc2OCc2ccc(Cl)cc2)ccc1N1CCOCC1. The Balaban J connectivity index is 1.48. The lowest BCUT2D eigenvalue weighted by molar-refractivity contribution is 0.0696. The number of anilines is 2. The van der Waals surface area contributed by atoms with Gasteiger partial charge >= 0.3 is 5.97 Å². The first kappa shape index (κ1) is 23.2. The van der Waals surface area contributed by atoms with Gasteiger partial charge in [-0.25, -0.2) is 4.79 Å². The van der Waals surface area contributed by atoms with Crippen molar-refractivity contribution in [3.63, 3.8) is 0 Å². The van der Waals surface area contributed by atoms with Gasteiger partial charge in [0.2, 0.25) is 0 Å². The van der Waals surface area contributed by atoms with E-state index >= 15 is 0 Å². The Morgan fingerprint density at radius 3 is 2.45 bits per heavy atom. The van der Waals surface area contributed by atoms with E-state index in [1.165, 1.54) is 0 Å². The first-order chi connectivity index (χ1) is 16.0. The van der Waals surface area contributed by atoms with Gasteiger partial charge in [0.25, 0.3) is 0 Å². The van der Waals surface area contributed by atoms with Crippen LogP contribution in [-0.2, 0) is 17.9 Å². The third-order valence-corrected chi connectivity index (χ3v) is 5.88. The number of ether oxygens (including phenoxy) is 2. The maximum absolute atomic E-state index is 11.9. The lowest BCUT2D eigenvalue weighted by Gasteiger charge is -2.30. The second-order valence-electron chi connectivity index (χ2n) is 7.66. The molecule has 0 amide bonds. The molecule has 1 heterocycles. The molecule has 8 heteroatoms. The number of nitrogens with one attached hydrogen (secondary N) is 1. The van der Waals surface area contributed by atoms with Gasteiger partial charge < -0.3 is 24.8 Å². The molecule has 0 radical (unpaired) electrons. The van der Waals surface area contributed by atoms with Crippen LogP contribution in [0, 0.1) is 0 Å². The van der Waals surface area contributed by atoms with Crippen LogP contribution in [-0.4, -0.2) is 37.4 Å². The Hall–Kier alpha value is -2.93. The van der Waals surface area contributed by atoms with E-state index in [4.69, 9.17) is 32.7 Å². The van der Waals surface area contributed by atoms with Crippen molar-refractivity contribution in [3.8, 4) is 5.75 Å². The third kappa shape index (κ3) is 6.11. The summed E-state index contributed by atoms with van der Waals surface area (Å²) in [6.07, 6.45) is 0. The summed E-state index contributed by atoms with van der Waals surface area (Å²) in [7, 11) is 0. The zero-order valence-corrected chi connectivity index (χ0v) is 19.4. The molecule has 0 atom stereocenters. The highest BCUT2D eigenvalue weighted by Crippen LogP contribution is 2.28. The van der Waals surface area contributed by atoms with E-state index in [0.29, 0.717) is 66.6 Å². The number of hydrogen-bond donors (Lipinski definition) is 2. The minimum atomic E-state index is -0.963. The van der Waals surface area contributed by atoms with E-state index in [1.54, 1.807) is 12.1 Å². The molecule has 33 heavy (non-hydrogen) atoms. The average Bonchev–Trinajstić information content (AvgIpc) is 2.83. The predicted molar refractivity (Wildman–Crippen MR) is 131 cm³/mol. The van der Waals surface area contributed by atoms with Gasteiger partial charge in [-0.3, -0.25) is 0 Å². The van der Waals surface area contributed by atoms with E-state index < -0.39 is 5.97 Å². The average molecular weight is 487 g/mol. The highest BCUT2D eigenvalue weighted by Gasteiger charge is 2.19. The van der Waals surface area contributed by atoms with Gasteiger partial charge in [0.15, 0.2) is 0 Å². The van der Waals surface area contributed by atoms with Crippen LogP contribution >= 0.6 is 23.2 Å². The molecule has 1 aliphatic rings. The molecule has 0 saturated carbocycles. The first-order valence-electron chi connectivity index (χ1n) is 10.6. The molecule has 6 nitrogen and oxygen atoms in total. The Morgan fingerprint density at radius 2 is 1.73 bits per heavy atom. The third-order valence-electron chi connectivity index (χ3n) is 5.39. The molecule has 2 N–H and O–H groups in total. The summed E-state index contributed by atoms with van der Waals surface area (Å²) in [6.45, 7) is 3.34. The standard InChI is InChI=1S/C25H24Cl2N2O4/c26-19-3-1-17(2-4-19)16-33-24-8-5-20(27)13-18(24)15-28-21-6-7-23(22(14-21)25(30)31)29-9-11-32-12-10-29/h1-8,13-14,28H,9-12,15-16H2,(H,30,31). The molecular formula is C25H24Cl2N2O4. The van der Waals surface area contributed by atoms with Crippen LogP contribution in [0.4, 0.5) is 11.4 Å². The van der Waals surface area contributed by atoms with Crippen LogP contribution in [0.1, 0.15) is 21.5 Å². The molecule has 1 fully saturated rings. The smallest absolute Gasteiger partial charge is 0.337 e. The maximum Gasteiger partial charge on any atom is 0.337 e. The lowest BCUT2D eigenvalue weighted by atomic mass is 10.1. The van der Waals surface area contributed by atoms with E-state index in [9.17, 15) is 9.90 Å². The summed E-state index contributed by atoms with van der Waals surface area (Å²) < 4.78 is 11.4. The summed E-state index contributed by atoms with van der Waals surface area (Å²) in [5.74, 6) is -0.264. The number of hydrogen-bond acceptors (Lipinski definition) is 5. The Bertz CT molecular complexity index is 1120. The van der Waals surface area contributed by atoms with Crippen LogP contribution in [0.5, 0.6) is 5.75 Å². The van der Waals surface area contributed by atoms with Crippen molar-refractivity contribution < 1.29 is 19.4 Å². The molecule has 1 aliphatic heterocycles. The van der Waals surface area contributed by atoms with Gasteiger partial charge in [-0.1, -0.05) is 35.3 Å².